The van der Waals surface area contributed by atoms with Crippen molar-refractivity contribution in [3.05, 3.63) is 58.6 Å². The number of rotatable bonds is 5. The first-order valence-electron chi connectivity index (χ1n) is 8.42. The van der Waals surface area contributed by atoms with Gasteiger partial charge in [-0.2, -0.15) is 4.98 Å². The molecule has 0 saturated carbocycles. The molecule has 0 bridgehead atoms. The van der Waals surface area contributed by atoms with E-state index in [2.05, 4.69) is 4.98 Å². The van der Waals surface area contributed by atoms with E-state index < -0.39 is 48.5 Å². The molecule has 1 saturated heterocycles. The second kappa shape index (κ2) is 7.30. The minimum atomic E-state index is -2.08. The summed E-state index contributed by atoms with van der Waals surface area (Å²) < 4.78 is 25.5. The Bertz CT molecular complexity index is 919. The molecule has 2 aromatic rings. The molecule has 10 heteroatoms. The summed E-state index contributed by atoms with van der Waals surface area (Å²) in [4.78, 5) is 27.8. The lowest BCUT2D eigenvalue weighted by Crippen LogP contribution is -2.53. The summed E-state index contributed by atoms with van der Waals surface area (Å²) in [7, 11) is 0. The Kier molecular flexibility index (Phi) is 5.20. The van der Waals surface area contributed by atoms with E-state index in [1.54, 1.807) is 18.2 Å². The lowest BCUT2D eigenvalue weighted by molar-refractivity contribution is -0.141. The van der Waals surface area contributed by atoms with Gasteiger partial charge in [0, 0.05) is 6.20 Å². The molecule has 0 spiro atoms. The van der Waals surface area contributed by atoms with Gasteiger partial charge in [0.1, 0.15) is 30.8 Å². The molecule has 0 amide bonds. The van der Waals surface area contributed by atoms with Gasteiger partial charge < -0.3 is 25.4 Å². The fourth-order valence-corrected chi connectivity index (χ4v) is 3.12. The molecule has 9 nitrogen and oxygen atoms in total. The first kappa shape index (κ1) is 19.9. The maximum atomic E-state index is 13.9. The van der Waals surface area contributed by atoms with Crippen LogP contribution in [0.2, 0.25) is 0 Å². The van der Waals surface area contributed by atoms with Crippen LogP contribution in [0, 0.1) is 0 Å². The maximum absolute atomic E-state index is 13.9. The molecule has 0 radical (unpaired) electrons. The minimum Gasteiger partial charge on any atom is -0.459 e. The molecule has 1 aromatic carbocycles. The zero-order valence-electron chi connectivity index (χ0n) is 15.0. The minimum absolute atomic E-state index is 0.0482. The van der Waals surface area contributed by atoms with Gasteiger partial charge in [-0.3, -0.25) is 4.57 Å². The van der Waals surface area contributed by atoms with Gasteiger partial charge in [0.15, 0.2) is 11.8 Å². The number of aliphatic hydroxyl groups excluding tert-OH is 1. The highest BCUT2D eigenvalue weighted by molar-refractivity contribution is 5.89. The Morgan fingerprint density at radius 3 is 2.68 bits per heavy atom. The van der Waals surface area contributed by atoms with Gasteiger partial charge in [-0.1, -0.05) is 18.2 Å². The second-order valence-electron chi connectivity index (χ2n) is 6.78. The number of esters is 1. The molecule has 1 fully saturated rings. The van der Waals surface area contributed by atoms with Gasteiger partial charge in [0.05, 0.1) is 5.56 Å². The summed E-state index contributed by atoms with van der Waals surface area (Å²) in [6, 6.07) is 9.28. The van der Waals surface area contributed by atoms with E-state index in [1.165, 1.54) is 31.3 Å². The third-order valence-corrected chi connectivity index (χ3v) is 4.69. The highest BCUT2D eigenvalue weighted by Gasteiger charge is 2.62. The summed E-state index contributed by atoms with van der Waals surface area (Å²) >= 11 is 0. The second-order valence-corrected chi connectivity index (χ2v) is 6.78. The van der Waals surface area contributed by atoms with Crippen LogP contribution in [-0.4, -0.2) is 56.3 Å². The average Bonchev–Trinajstić information content (AvgIpc) is 2.88. The fraction of sp³-hybridized carbons (Fsp3) is 0.389. The van der Waals surface area contributed by atoms with Crippen molar-refractivity contribution in [1.82, 2.24) is 9.55 Å². The number of aromatic nitrogens is 2. The number of aliphatic hydroxyl groups is 2. The van der Waals surface area contributed by atoms with Crippen molar-refractivity contribution in [2.75, 3.05) is 19.0 Å². The van der Waals surface area contributed by atoms with E-state index in [4.69, 9.17) is 15.2 Å². The molecule has 2 heterocycles. The van der Waals surface area contributed by atoms with Gasteiger partial charge in [0.25, 0.3) is 0 Å². The zero-order valence-corrected chi connectivity index (χ0v) is 15.0. The molecule has 0 aliphatic carbocycles. The Labute approximate surface area is 159 Å². The van der Waals surface area contributed by atoms with Crippen molar-refractivity contribution in [2.24, 2.45) is 0 Å². The summed E-state index contributed by atoms with van der Waals surface area (Å²) in [6.07, 6.45) is -2.07. The molecule has 4 N–H and O–H groups in total. The van der Waals surface area contributed by atoms with Gasteiger partial charge in [-0.25, -0.2) is 14.0 Å². The first-order valence-corrected chi connectivity index (χ1v) is 8.42. The van der Waals surface area contributed by atoms with Gasteiger partial charge in [-0.05, 0) is 25.1 Å². The number of carbonyl (C=O) groups is 1. The van der Waals surface area contributed by atoms with Gasteiger partial charge >= 0.3 is 11.7 Å². The third kappa shape index (κ3) is 3.37. The summed E-state index contributed by atoms with van der Waals surface area (Å²) in [6.45, 7) is -0.774. The van der Waals surface area contributed by atoms with Crippen LogP contribution in [0.5, 0.6) is 0 Å². The number of hydrogen-bond acceptors (Lipinski definition) is 8. The van der Waals surface area contributed by atoms with Crippen LogP contribution < -0.4 is 11.4 Å². The van der Waals surface area contributed by atoms with Crippen LogP contribution in [0.15, 0.2) is 47.4 Å². The zero-order chi connectivity index (χ0) is 20.5. The topological polar surface area (TPSA) is 137 Å². The Morgan fingerprint density at radius 2 is 2.07 bits per heavy atom. The first-order chi connectivity index (χ1) is 13.2. The molecule has 4 atom stereocenters. The van der Waals surface area contributed by atoms with Crippen molar-refractivity contribution in [3.63, 3.8) is 0 Å². The van der Waals surface area contributed by atoms with E-state index in [1.807, 2.05) is 0 Å². The molecule has 28 heavy (non-hydrogen) atoms. The van der Waals surface area contributed by atoms with Crippen molar-refractivity contribution >= 4 is 11.8 Å². The van der Waals surface area contributed by atoms with Crippen molar-refractivity contribution in [3.8, 4) is 0 Å². The SMILES string of the molecule is C[C@@]1(O)C(O)[C@@](CF)(COC(=O)c2ccccc2)O[C@H]1n1ccc(N)nc1=O. The van der Waals surface area contributed by atoms with Crippen molar-refractivity contribution in [2.45, 2.75) is 30.5 Å². The molecule has 150 valence electrons. The number of ether oxygens (including phenoxy) is 2. The number of halogens is 1. The Hall–Kier alpha value is -2.82. The van der Waals surface area contributed by atoms with E-state index in [9.17, 15) is 24.2 Å². The normalized spacial score (nSPS) is 29.6. The lowest BCUT2D eigenvalue weighted by atomic mass is 9.88. The smallest absolute Gasteiger partial charge is 0.351 e. The highest BCUT2D eigenvalue weighted by Crippen LogP contribution is 2.44. The van der Waals surface area contributed by atoms with E-state index >= 15 is 0 Å². The largest absolute Gasteiger partial charge is 0.459 e. The van der Waals surface area contributed by atoms with E-state index in [0.29, 0.717) is 0 Å². The highest BCUT2D eigenvalue weighted by atomic mass is 19.1. The summed E-state index contributed by atoms with van der Waals surface area (Å²) in [5.74, 6) is -0.799. The van der Waals surface area contributed by atoms with E-state index in [0.717, 1.165) is 4.57 Å². The number of alkyl halides is 1. The predicted octanol–water partition coefficient (Wildman–Crippen LogP) is 0.0315. The van der Waals surface area contributed by atoms with Crippen LogP contribution in [0.25, 0.3) is 0 Å². The molecule has 1 aromatic heterocycles. The molecular weight excluding hydrogens is 373 g/mol. The fourth-order valence-electron chi connectivity index (χ4n) is 3.12. The van der Waals surface area contributed by atoms with Gasteiger partial charge in [-0.15, -0.1) is 0 Å². The Morgan fingerprint density at radius 1 is 1.39 bits per heavy atom. The number of benzene rings is 1. The number of carbonyl (C=O) groups excluding carboxylic acids is 1. The third-order valence-electron chi connectivity index (χ3n) is 4.69. The average molecular weight is 393 g/mol. The van der Waals surface area contributed by atoms with Crippen LogP contribution in [0.1, 0.15) is 23.5 Å². The van der Waals surface area contributed by atoms with Crippen LogP contribution >= 0.6 is 0 Å². The van der Waals surface area contributed by atoms with Crippen molar-refractivity contribution < 1.29 is 28.9 Å². The number of hydrogen-bond donors (Lipinski definition) is 3. The summed E-state index contributed by atoms with van der Waals surface area (Å²) in [5.41, 5.74) is 0.670. The molecule has 1 aliphatic rings. The van der Waals surface area contributed by atoms with Crippen LogP contribution in [-0.2, 0) is 9.47 Å². The number of nitrogen functional groups attached to an aromatic ring is 1. The molecule has 3 rings (SSSR count). The number of anilines is 1. The molecule has 1 unspecified atom stereocenters. The summed E-state index contributed by atoms with van der Waals surface area (Å²) in [5, 5.41) is 21.3. The van der Waals surface area contributed by atoms with Crippen molar-refractivity contribution in [1.29, 1.82) is 0 Å². The molecule has 1 aliphatic heterocycles. The van der Waals surface area contributed by atoms with Crippen LogP contribution in [0.3, 0.4) is 0 Å². The monoisotopic (exact) mass is 393 g/mol. The van der Waals surface area contributed by atoms with E-state index in [-0.39, 0.29) is 11.4 Å². The van der Waals surface area contributed by atoms with Gasteiger partial charge in [0.2, 0.25) is 0 Å². The predicted molar refractivity (Wildman–Crippen MR) is 95.1 cm³/mol. The Balaban J connectivity index is 1.87. The quantitative estimate of drug-likeness (QED) is 0.605. The standard InChI is InChI=1S/C18H20FN3O6/c1-17(26)14(24)18(9-19,10-27-13(23)11-5-3-2-4-6-11)28-15(17)22-8-7-12(20)21-16(22)25/h2-8,14-15,24,26H,9-10H2,1H3,(H2,20,21,25)/t14?,15-,17-,18-/m1/s1. The number of nitrogens with two attached hydrogens (primary N) is 1. The molecular formula is C18H20FN3O6. The maximum Gasteiger partial charge on any atom is 0.351 e. The number of nitrogens with zero attached hydrogens (tertiary/aromatic N) is 2. The lowest BCUT2D eigenvalue weighted by Gasteiger charge is -2.30. The van der Waals surface area contributed by atoms with Crippen LogP contribution in [0.4, 0.5) is 10.2 Å².